The Labute approximate surface area is 136 Å². The Morgan fingerprint density at radius 2 is 2.05 bits per heavy atom. The van der Waals surface area contributed by atoms with Crippen molar-refractivity contribution in [2.45, 2.75) is 43.4 Å². The maximum absolute atomic E-state index is 4.45. The second kappa shape index (κ2) is 7.43. The van der Waals surface area contributed by atoms with Crippen molar-refractivity contribution in [2.24, 2.45) is 0 Å². The lowest BCUT2D eigenvalue weighted by atomic mass is 9.88. The Balaban J connectivity index is 1.88. The minimum atomic E-state index is 0.445. The fourth-order valence-electron chi connectivity index (χ4n) is 2.63. The molecule has 1 aromatic rings. The Bertz CT molecular complexity index is 420. The highest BCUT2D eigenvalue weighted by atomic mass is 79.9. The third-order valence-electron chi connectivity index (χ3n) is 3.82. The predicted molar refractivity (Wildman–Crippen MR) is 90.7 cm³/mol. The van der Waals surface area contributed by atoms with Gasteiger partial charge in [0.25, 0.3) is 0 Å². The largest absolute Gasteiger partial charge is 0.310 e. The lowest BCUT2D eigenvalue weighted by Crippen LogP contribution is -2.39. The summed E-state index contributed by atoms with van der Waals surface area (Å²) in [5.74, 6) is 0. The number of aromatic nitrogens is 1. The highest BCUT2D eigenvalue weighted by Gasteiger charge is 2.30. The van der Waals surface area contributed by atoms with E-state index in [0.29, 0.717) is 4.75 Å². The highest BCUT2D eigenvalue weighted by molar-refractivity contribution is 9.11. The number of pyridine rings is 1. The predicted octanol–water partition coefficient (Wildman–Crippen LogP) is 4.76. The summed E-state index contributed by atoms with van der Waals surface area (Å²) in [5, 5.41) is 3.59. The minimum Gasteiger partial charge on any atom is -0.310 e. The number of hydrogen-bond donors (Lipinski definition) is 1. The molecule has 1 aliphatic rings. The van der Waals surface area contributed by atoms with Crippen molar-refractivity contribution in [1.29, 1.82) is 0 Å². The van der Waals surface area contributed by atoms with Gasteiger partial charge in [0, 0.05) is 33.0 Å². The van der Waals surface area contributed by atoms with Gasteiger partial charge in [-0.2, -0.15) is 11.8 Å². The molecule has 0 atom stereocenters. The molecule has 5 heteroatoms. The van der Waals surface area contributed by atoms with Gasteiger partial charge in [0.1, 0.15) is 0 Å². The van der Waals surface area contributed by atoms with Crippen molar-refractivity contribution >= 4 is 43.6 Å². The summed E-state index contributed by atoms with van der Waals surface area (Å²) in [6.45, 7) is 1.91. The Morgan fingerprint density at radius 3 is 2.68 bits per heavy atom. The molecule has 0 saturated heterocycles. The molecule has 0 bridgehead atoms. The van der Waals surface area contributed by atoms with Crippen LogP contribution in [0.3, 0.4) is 0 Å². The Kier molecular flexibility index (Phi) is 6.18. The minimum absolute atomic E-state index is 0.445. The van der Waals surface area contributed by atoms with Gasteiger partial charge in [0.2, 0.25) is 0 Å². The molecule has 2 rings (SSSR count). The van der Waals surface area contributed by atoms with Gasteiger partial charge < -0.3 is 5.32 Å². The molecule has 1 aliphatic carbocycles. The molecule has 1 heterocycles. The van der Waals surface area contributed by atoms with Gasteiger partial charge >= 0.3 is 0 Å². The molecule has 0 aliphatic heterocycles. The summed E-state index contributed by atoms with van der Waals surface area (Å²) in [4.78, 5) is 4.45. The van der Waals surface area contributed by atoms with E-state index in [0.717, 1.165) is 27.7 Å². The van der Waals surface area contributed by atoms with E-state index in [1.165, 1.54) is 32.1 Å². The first-order valence-electron chi connectivity index (χ1n) is 6.71. The van der Waals surface area contributed by atoms with Crippen molar-refractivity contribution in [3.63, 3.8) is 0 Å². The van der Waals surface area contributed by atoms with Crippen molar-refractivity contribution < 1.29 is 0 Å². The summed E-state index contributed by atoms with van der Waals surface area (Å²) < 4.78 is 2.52. The Hall–Kier alpha value is 0.420. The number of rotatable bonds is 5. The van der Waals surface area contributed by atoms with Crippen LogP contribution in [-0.4, -0.2) is 22.5 Å². The molecule has 0 unspecified atom stereocenters. The molecule has 1 fully saturated rings. The fourth-order valence-corrected chi connectivity index (χ4v) is 4.70. The smallest absolute Gasteiger partial charge is 0.0684 e. The highest BCUT2D eigenvalue weighted by Crippen LogP contribution is 2.38. The van der Waals surface area contributed by atoms with Crippen LogP contribution in [0.4, 0.5) is 0 Å². The van der Waals surface area contributed by atoms with E-state index >= 15 is 0 Å². The number of halogens is 2. The van der Waals surface area contributed by atoms with Crippen LogP contribution in [0.5, 0.6) is 0 Å². The second-order valence-electron chi connectivity index (χ2n) is 5.13. The van der Waals surface area contributed by atoms with Gasteiger partial charge in [0.15, 0.2) is 0 Å². The summed E-state index contributed by atoms with van der Waals surface area (Å²) in [6, 6.07) is 2.05. The first-order chi connectivity index (χ1) is 9.15. The maximum atomic E-state index is 4.45. The van der Waals surface area contributed by atoms with E-state index in [-0.39, 0.29) is 0 Å². The number of thioether (sulfide) groups is 1. The van der Waals surface area contributed by atoms with Gasteiger partial charge in [-0.05, 0) is 57.0 Å². The van der Waals surface area contributed by atoms with Crippen LogP contribution in [-0.2, 0) is 6.54 Å². The normalized spacial score (nSPS) is 18.5. The van der Waals surface area contributed by atoms with Gasteiger partial charge in [-0.25, -0.2) is 0 Å². The maximum Gasteiger partial charge on any atom is 0.0684 e. The first-order valence-corrected chi connectivity index (χ1v) is 9.52. The zero-order valence-corrected chi connectivity index (χ0v) is 15.2. The van der Waals surface area contributed by atoms with Crippen molar-refractivity contribution in [3.8, 4) is 0 Å². The zero-order chi connectivity index (χ0) is 13.7. The second-order valence-corrected chi connectivity index (χ2v) is 8.18. The molecule has 1 aromatic heterocycles. The molecular formula is C14H20Br2N2S. The molecule has 1 saturated carbocycles. The van der Waals surface area contributed by atoms with Crippen LogP contribution in [0.2, 0.25) is 0 Å². The third kappa shape index (κ3) is 4.45. The first kappa shape index (κ1) is 15.8. The average molecular weight is 408 g/mol. The zero-order valence-electron chi connectivity index (χ0n) is 11.2. The van der Waals surface area contributed by atoms with Crippen LogP contribution >= 0.6 is 43.6 Å². The van der Waals surface area contributed by atoms with Crippen LogP contribution in [0, 0.1) is 0 Å². The summed E-state index contributed by atoms with van der Waals surface area (Å²) in [6.07, 6.45) is 11.0. The van der Waals surface area contributed by atoms with Gasteiger partial charge in [0.05, 0.1) is 5.69 Å². The molecule has 0 aromatic carbocycles. The van der Waals surface area contributed by atoms with Crippen LogP contribution in [0.1, 0.15) is 37.8 Å². The standard InChI is InChI=1S/C14H20Br2N2S/c1-19-14(5-3-2-4-6-14)10-17-9-13-12(16)7-11(15)8-18-13/h7-8,17H,2-6,9-10H2,1H3. The number of nitrogens with zero attached hydrogens (tertiary/aromatic N) is 1. The van der Waals surface area contributed by atoms with E-state index in [4.69, 9.17) is 0 Å². The molecule has 106 valence electrons. The number of nitrogens with one attached hydrogen (secondary N) is 1. The molecule has 19 heavy (non-hydrogen) atoms. The van der Waals surface area contributed by atoms with Gasteiger partial charge in [-0.3, -0.25) is 4.98 Å². The van der Waals surface area contributed by atoms with Crippen molar-refractivity contribution in [3.05, 3.63) is 26.9 Å². The summed E-state index contributed by atoms with van der Waals surface area (Å²) >= 11 is 9.03. The van der Waals surface area contributed by atoms with Gasteiger partial charge in [-0.15, -0.1) is 0 Å². The third-order valence-corrected chi connectivity index (χ3v) is 6.36. The topological polar surface area (TPSA) is 24.9 Å². The van der Waals surface area contributed by atoms with E-state index in [1.807, 2.05) is 18.0 Å². The van der Waals surface area contributed by atoms with Crippen LogP contribution in [0.25, 0.3) is 0 Å². The molecule has 1 N–H and O–H groups in total. The van der Waals surface area contributed by atoms with Crippen molar-refractivity contribution in [1.82, 2.24) is 10.3 Å². The Morgan fingerprint density at radius 1 is 1.32 bits per heavy atom. The molecule has 0 spiro atoms. The van der Waals surface area contributed by atoms with Crippen LogP contribution < -0.4 is 5.32 Å². The average Bonchev–Trinajstić information content (AvgIpc) is 2.42. The molecule has 0 amide bonds. The number of hydrogen-bond acceptors (Lipinski definition) is 3. The van der Waals surface area contributed by atoms with E-state index in [2.05, 4.69) is 54.5 Å². The van der Waals surface area contributed by atoms with Gasteiger partial charge in [-0.1, -0.05) is 19.3 Å². The van der Waals surface area contributed by atoms with E-state index in [1.54, 1.807) is 0 Å². The van der Waals surface area contributed by atoms with Crippen molar-refractivity contribution in [2.75, 3.05) is 12.8 Å². The molecular weight excluding hydrogens is 388 g/mol. The lowest BCUT2D eigenvalue weighted by molar-refractivity contribution is 0.378. The quantitative estimate of drug-likeness (QED) is 0.761. The summed E-state index contributed by atoms with van der Waals surface area (Å²) in [7, 11) is 0. The van der Waals surface area contributed by atoms with E-state index < -0.39 is 0 Å². The monoisotopic (exact) mass is 406 g/mol. The lowest BCUT2D eigenvalue weighted by Gasteiger charge is -2.36. The van der Waals surface area contributed by atoms with E-state index in [9.17, 15) is 0 Å². The molecule has 0 radical (unpaired) electrons. The molecule has 2 nitrogen and oxygen atoms in total. The summed E-state index contributed by atoms with van der Waals surface area (Å²) in [5.41, 5.74) is 1.08. The fraction of sp³-hybridized carbons (Fsp3) is 0.643. The SMILES string of the molecule is CSC1(CNCc2ncc(Br)cc2Br)CCCCC1. The van der Waals surface area contributed by atoms with Crippen LogP contribution in [0.15, 0.2) is 21.2 Å².